The van der Waals surface area contributed by atoms with Crippen molar-refractivity contribution in [1.82, 2.24) is 4.98 Å². The molecule has 5 heteroatoms. The fourth-order valence-corrected chi connectivity index (χ4v) is 4.30. The van der Waals surface area contributed by atoms with E-state index in [1.165, 1.54) is 38.8 Å². The van der Waals surface area contributed by atoms with Crippen molar-refractivity contribution in [2.45, 2.75) is 64.6 Å². The summed E-state index contributed by atoms with van der Waals surface area (Å²) in [6.07, 6.45) is 7.53. The molecule has 0 N–H and O–H groups in total. The molecule has 2 unspecified atom stereocenters. The Labute approximate surface area is 146 Å². The summed E-state index contributed by atoms with van der Waals surface area (Å²) in [4.78, 5) is 7.19. The first-order chi connectivity index (χ1) is 11.4. The highest BCUT2D eigenvalue weighted by atomic mass is 16.7. The standard InChI is InChI=1S/C19H29BN2O2/c1-18(2)19(3,4)24-20(23-18)16-9-10-17(21-11-16)22-12-14-7-5-6-8-15(14)13-22/h9-11,14-15H,5-8,12-13H2,1-4H3. The molecular weight excluding hydrogens is 299 g/mol. The van der Waals surface area contributed by atoms with Gasteiger partial charge in [0.05, 0.1) is 11.2 Å². The molecule has 1 aromatic rings. The van der Waals surface area contributed by atoms with Crippen LogP contribution in [0.25, 0.3) is 0 Å². The average molecular weight is 328 g/mol. The Hall–Kier alpha value is -1.07. The van der Waals surface area contributed by atoms with Crippen molar-refractivity contribution in [3.8, 4) is 0 Å². The van der Waals surface area contributed by atoms with Crippen molar-refractivity contribution < 1.29 is 9.31 Å². The van der Waals surface area contributed by atoms with Gasteiger partial charge in [-0.15, -0.1) is 0 Å². The fourth-order valence-electron chi connectivity index (χ4n) is 4.30. The minimum Gasteiger partial charge on any atom is -0.399 e. The Morgan fingerprint density at radius 3 is 2.08 bits per heavy atom. The Bertz CT molecular complexity index is 572. The molecule has 0 bridgehead atoms. The van der Waals surface area contributed by atoms with E-state index in [4.69, 9.17) is 14.3 Å². The molecule has 3 fully saturated rings. The van der Waals surface area contributed by atoms with Gasteiger partial charge in [0.2, 0.25) is 0 Å². The molecule has 130 valence electrons. The molecule has 0 spiro atoms. The van der Waals surface area contributed by atoms with Crippen LogP contribution in [0.4, 0.5) is 5.82 Å². The largest absolute Gasteiger partial charge is 0.496 e. The third kappa shape index (κ3) is 2.76. The van der Waals surface area contributed by atoms with E-state index in [-0.39, 0.29) is 18.3 Å². The highest BCUT2D eigenvalue weighted by Gasteiger charge is 2.51. The van der Waals surface area contributed by atoms with Gasteiger partial charge in [-0.3, -0.25) is 0 Å². The maximum atomic E-state index is 6.12. The van der Waals surface area contributed by atoms with Crippen molar-refractivity contribution >= 4 is 18.4 Å². The van der Waals surface area contributed by atoms with Gasteiger partial charge >= 0.3 is 7.12 Å². The quantitative estimate of drug-likeness (QED) is 0.782. The zero-order valence-corrected chi connectivity index (χ0v) is 15.4. The van der Waals surface area contributed by atoms with Crippen molar-refractivity contribution in [3.05, 3.63) is 18.3 Å². The summed E-state index contributed by atoms with van der Waals surface area (Å²) >= 11 is 0. The summed E-state index contributed by atoms with van der Waals surface area (Å²) in [5.74, 6) is 2.86. The molecule has 1 aliphatic carbocycles. The van der Waals surface area contributed by atoms with E-state index in [9.17, 15) is 0 Å². The molecule has 0 radical (unpaired) electrons. The highest BCUT2D eigenvalue weighted by Crippen LogP contribution is 2.38. The van der Waals surface area contributed by atoms with Crippen molar-refractivity contribution in [3.63, 3.8) is 0 Å². The second-order valence-electron chi connectivity index (χ2n) is 8.75. The molecule has 4 rings (SSSR count). The fraction of sp³-hybridized carbons (Fsp3) is 0.737. The summed E-state index contributed by atoms with van der Waals surface area (Å²) < 4.78 is 12.2. The molecule has 3 aliphatic rings. The highest BCUT2D eigenvalue weighted by molar-refractivity contribution is 6.62. The Balaban J connectivity index is 1.46. The number of nitrogens with zero attached hydrogens (tertiary/aromatic N) is 2. The van der Waals surface area contributed by atoms with Crippen molar-refractivity contribution in [2.24, 2.45) is 11.8 Å². The number of aromatic nitrogens is 1. The second kappa shape index (κ2) is 5.74. The van der Waals surface area contributed by atoms with Gasteiger partial charge < -0.3 is 14.2 Å². The van der Waals surface area contributed by atoms with Gasteiger partial charge in [0, 0.05) is 24.7 Å². The van der Waals surface area contributed by atoms with E-state index in [1.807, 2.05) is 6.20 Å². The first-order valence-electron chi connectivity index (χ1n) is 9.42. The summed E-state index contributed by atoms with van der Waals surface area (Å²) in [6.45, 7) is 10.7. The molecule has 24 heavy (non-hydrogen) atoms. The van der Waals surface area contributed by atoms with E-state index >= 15 is 0 Å². The molecule has 1 aromatic heterocycles. The van der Waals surface area contributed by atoms with Crippen LogP contribution in [0.3, 0.4) is 0 Å². The lowest BCUT2D eigenvalue weighted by Crippen LogP contribution is -2.41. The number of anilines is 1. The molecule has 4 nitrogen and oxygen atoms in total. The maximum Gasteiger partial charge on any atom is 0.496 e. The van der Waals surface area contributed by atoms with Crippen LogP contribution in [0, 0.1) is 11.8 Å². The van der Waals surface area contributed by atoms with Gasteiger partial charge in [-0.2, -0.15) is 0 Å². The molecule has 0 amide bonds. The molecule has 2 atom stereocenters. The minimum absolute atomic E-state index is 0.305. The van der Waals surface area contributed by atoms with Crippen LogP contribution in [-0.4, -0.2) is 36.4 Å². The predicted octanol–water partition coefficient (Wildman–Crippen LogP) is 3.01. The van der Waals surface area contributed by atoms with Gasteiger partial charge in [0.15, 0.2) is 0 Å². The summed E-state index contributed by atoms with van der Waals surface area (Å²) in [5, 5.41) is 0. The van der Waals surface area contributed by atoms with Crippen LogP contribution in [-0.2, 0) is 9.31 Å². The monoisotopic (exact) mass is 328 g/mol. The van der Waals surface area contributed by atoms with Crippen LogP contribution in [0.15, 0.2) is 18.3 Å². The van der Waals surface area contributed by atoms with Crippen LogP contribution < -0.4 is 10.4 Å². The first kappa shape index (κ1) is 16.4. The van der Waals surface area contributed by atoms with E-state index in [0.717, 1.165) is 23.1 Å². The summed E-state index contributed by atoms with van der Waals surface area (Å²) in [6, 6.07) is 4.25. The Morgan fingerprint density at radius 1 is 1.00 bits per heavy atom. The lowest BCUT2D eigenvalue weighted by atomic mass is 9.80. The topological polar surface area (TPSA) is 34.6 Å². The van der Waals surface area contributed by atoms with Crippen molar-refractivity contribution in [1.29, 1.82) is 0 Å². The number of pyridine rings is 1. The predicted molar refractivity (Wildman–Crippen MR) is 97.6 cm³/mol. The second-order valence-corrected chi connectivity index (χ2v) is 8.75. The van der Waals surface area contributed by atoms with Gasteiger partial charge in [0.1, 0.15) is 5.82 Å². The molecule has 2 saturated heterocycles. The third-order valence-corrected chi connectivity index (χ3v) is 6.60. The minimum atomic E-state index is -0.322. The molecule has 1 saturated carbocycles. The lowest BCUT2D eigenvalue weighted by Gasteiger charge is -2.32. The Kier molecular flexibility index (Phi) is 3.92. The molecule has 0 aromatic carbocycles. The molecular formula is C19H29BN2O2. The van der Waals surface area contributed by atoms with Crippen molar-refractivity contribution in [2.75, 3.05) is 18.0 Å². The SMILES string of the molecule is CC1(C)OB(c2ccc(N3CC4CCCCC4C3)nc2)OC1(C)C. The number of rotatable bonds is 2. The molecule has 3 heterocycles. The summed E-state index contributed by atoms with van der Waals surface area (Å²) in [7, 11) is -0.322. The molecule has 2 aliphatic heterocycles. The van der Waals surface area contributed by atoms with Crippen LogP contribution in [0.5, 0.6) is 0 Å². The number of hydrogen-bond donors (Lipinski definition) is 0. The number of fused-ring (bicyclic) bond motifs is 1. The smallest absolute Gasteiger partial charge is 0.399 e. The zero-order chi connectivity index (χ0) is 16.9. The first-order valence-corrected chi connectivity index (χ1v) is 9.42. The lowest BCUT2D eigenvalue weighted by molar-refractivity contribution is 0.00578. The van der Waals surface area contributed by atoms with Gasteiger partial charge in [-0.25, -0.2) is 4.98 Å². The van der Waals surface area contributed by atoms with Crippen LogP contribution in [0.2, 0.25) is 0 Å². The normalized spacial score (nSPS) is 31.3. The van der Waals surface area contributed by atoms with E-state index in [0.29, 0.717) is 0 Å². The zero-order valence-electron chi connectivity index (χ0n) is 15.4. The average Bonchev–Trinajstić information content (AvgIpc) is 3.06. The van der Waals surface area contributed by atoms with Gasteiger partial charge in [0.25, 0.3) is 0 Å². The third-order valence-electron chi connectivity index (χ3n) is 6.60. The Morgan fingerprint density at radius 2 is 1.58 bits per heavy atom. The van der Waals surface area contributed by atoms with E-state index < -0.39 is 0 Å². The van der Waals surface area contributed by atoms with Gasteiger partial charge in [-0.05, 0) is 58.4 Å². The maximum absolute atomic E-state index is 6.12. The van der Waals surface area contributed by atoms with Crippen LogP contribution >= 0.6 is 0 Å². The van der Waals surface area contributed by atoms with Gasteiger partial charge in [-0.1, -0.05) is 18.9 Å². The number of hydrogen-bond acceptors (Lipinski definition) is 4. The van der Waals surface area contributed by atoms with E-state index in [1.54, 1.807) is 0 Å². The van der Waals surface area contributed by atoms with Crippen LogP contribution in [0.1, 0.15) is 53.4 Å². The summed E-state index contributed by atoms with van der Waals surface area (Å²) in [5.41, 5.74) is 0.399. The van der Waals surface area contributed by atoms with E-state index in [2.05, 4.69) is 44.7 Å².